The molecule has 1 fully saturated rings. The van der Waals surface area contributed by atoms with Gasteiger partial charge in [-0.15, -0.1) is 0 Å². The Labute approximate surface area is 86.6 Å². The van der Waals surface area contributed by atoms with Crippen molar-refractivity contribution in [3.8, 4) is 0 Å². The Morgan fingerprint density at radius 2 is 2.29 bits per heavy atom. The molecule has 1 rings (SSSR count). The predicted molar refractivity (Wildman–Crippen MR) is 58.1 cm³/mol. The van der Waals surface area contributed by atoms with E-state index in [1.165, 1.54) is 0 Å². The van der Waals surface area contributed by atoms with E-state index in [9.17, 15) is 4.79 Å². The topological polar surface area (TPSA) is 41.1 Å². The molecule has 3 heteroatoms. The summed E-state index contributed by atoms with van der Waals surface area (Å²) in [6.07, 6.45) is 3.11. The minimum Gasteiger partial charge on any atom is -0.351 e. The average Bonchev–Trinajstić information content (AvgIpc) is 2.19. The van der Waals surface area contributed by atoms with Crippen molar-refractivity contribution in [1.29, 1.82) is 0 Å². The van der Waals surface area contributed by atoms with Crippen molar-refractivity contribution >= 4 is 5.91 Å². The first-order valence-electron chi connectivity index (χ1n) is 5.58. The van der Waals surface area contributed by atoms with Gasteiger partial charge in [0, 0.05) is 12.1 Å². The van der Waals surface area contributed by atoms with Gasteiger partial charge in [-0.1, -0.05) is 6.92 Å². The van der Waals surface area contributed by atoms with Crippen LogP contribution in [-0.4, -0.2) is 24.5 Å². The van der Waals surface area contributed by atoms with Crippen LogP contribution in [0.15, 0.2) is 0 Å². The van der Waals surface area contributed by atoms with Crippen LogP contribution in [0.3, 0.4) is 0 Å². The summed E-state index contributed by atoms with van der Waals surface area (Å²) in [6, 6.07) is 0. The van der Waals surface area contributed by atoms with Crippen molar-refractivity contribution < 1.29 is 4.79 Å². The average molecular weight is 198 g/mol. The van der Waals surface area contributed by atoms with Gasteiger partial charge in [0.25, 0.3) is 0 Å². The van der Waals surface area contributed by atoms with Crippen LogP contribution in [0.5, 0.6) is 0 Å². The zero-order valence-electron chi connectivity index (χ0n) is 9.52. The molecule has 1 heterocycles. The van der Waals surface area contributed by atoms with Gasteiger partial charge >= 0.3 is 0 Å². The maximum Gasteiger partial charge on any atom is 0.224 e. The number of rotatable bonds is 3. The fourth-order valence-corrected chi connectivity index (χ4v) is 1.60. The Balaban J connectivity index is 2.40. The molecule has 82 valence electrons. The maximum absolute atomic E-state index is 11.8. The minimum absolute atomic E-state index is 0.0610. The first kappa shape index (κ1) is 11.5. The highest BCUT2D eigenvalue weighted by atomic mass is 16.2. The highest BCUT2D eigenvalue weighted by Crippen LogP contribution is 2.13. The molecule has 0 aliphatic carbocycles. The number of hydrogen-bond donors (Lipinski definition) is 2. The number of carbonyl (C=O) groups is 1. The molecule has 1 amide bonds. The standard InChI is InChI=1S/C11H22N2O/c1-4-11(2,3)13-10(14)9-6-5-7-12-8-9/h9,12H,4-8H2,1-3H3,(H,13,14)/t9-/m1/s1. The lowest BCUT2D eigenvalue weighted by atomic mass is 9.95. The molecule has 0 aromatic heterocycles. The maximum atomic E-state index is 11.8. The highest BCUT2D eigenvalue weighted by molar-refractivity contribution is 5.79. The SMILES string of the molecule is CCC(C)(C)NC(=O)[C@@H]1CCCNC1. The molecule has 0 radical (unpaired) electrons. The molecule has 0 bridgehead atoms. The van der Waals surface area contributed by atoms with Gasteiger partial charge in [-0.25, -0.2) is 0 Å². The lowest BCUT2D eigenvalue weighted by molar-refractivity contribution is -0.127. The zero-order valence-corrected chi connectivity index (χ0v) is 9.52. The number of hydrogen-bond acceptors (Lipinski definition) is 2. The van der Waals surface area contributed by atoms with Crippen LogP contribution in [0.4, 0.5) is 0 Å². The van der Waals surface area contributed by atoms with Crippen LogP contribution in [0.1, 0.15) is 40.0 Å². The van der Waals surface area contributed by atoms with E-state index in [4.69, 9.17) is 0 Å². The van der Waals surface area contributed by atoms with Crippen molar-refractivity contribution in [1.82, 2.24) is 10.6 Å². The van der Waals surface area contributed by atoms with Crippen LogP contribution in [0.25, 0.3) is 0 Å². The normalized spacial score (nSPS) is 23.2. The van der Waals surface area contributed by atoms with E-state index < -0.39 is 0 Å². The van der Waals surface area contributed by atoms with E-state index in [2.05, 4.69) is 31.4 Å². The molecule has 14 heavy (non-hydrogen) atoms. The van der Waals surface area contributed by atoms with Crippen molar-refractivity contribution in [2.45, 2.75) is 45.6 Å². The largest absolute Gasteiger partial charge is 0.351 e. The monoisotopic (exact) mass is 198 g/mol. The van der Waals surface area contributed by atoms with Gasteiger partial charge in [0.2, 0.25) is 5.91 Å². The quantitative estimate of drug-likeness (QED) is 0.717. The number of piperidine rings is 1. The second-order valence-electron chi connectivity index (χ2n) is 4.77. The summed E-state index contributed by atoms with van der Waals surface area (Å²) in [5, 5.41) is 6.36. The Morgan fingerprint density at radius 3 is 2.79 bits per heavy atom. The van der Waals surface area contributed by atoms with E-state index in [1.807, 2.05) is 0 Å². The summed E-state index contributed by atoms with van der Waals surface area (Å²) in [7, 11) is 0. The number of nitrogens with one attached hydrogen (secondary N) is 2. The summed E-state index contributed by atoms with van der Waals surface area (Å²) in [5.74, 6) is 0.388. The van der Waals surface area contributed by atoms with Crippen molar-refractivity contribution in [2.24, 2.45) is 5.92 Å². The number of carbonyl (C=O) groups excluding carboxylic acids is 1. The van der Waals surface area contributed by atoms with Gasteiger partial charge in [-0.05, 0) is 39.7 Å². The summed E-state index contributed by atoms with van der Waals surface area (Å²) >= 11 is 0. The summed E-state index contributed by atoms with van der Waals surface area (Å²) in [5.41, 5.74) is -0.0610. The molecule has 2 N–H and O–H groups in total. The van der Waals surface area contributed by atoms with E-state index >= 15 is 0 Å². The van der Waals surface area contributed by atoms with Gasteiger partial charge in [-0.2, -0.15) is 0 Å². The first-order valence-corrected chi connectivity index (χ1v) is 5.58. The van der Waals surface area contributed by atoms with Crippen LogP contribution in [0, 0.1) is 5.92 Å². The van der Waals surface area contributed by atoms with E-state index in [1.54, 1.807) is 0 Å². The third-order valence-corrected chi connectivity index (χ3v) is 3.01. The predicted octanol–water partition coefficient (Wildman–Crippen LogP) is 1.29. The third-order valence-electron chi connectivity index (χ3n) is 3.01. The van der Waals surface area contributed by atoms with Crippen molar-refractivity contribution in [3.05, 3.63) is 0 Å². The minimum atomic E-state index is -0.0610. The number of amides is 1. The Hall–Kier alpha value is -0.570. The zero-order chi connectivity index (χ0) is 10.6. The summed E-state index contributed by atoms with van der Waals surface area (Å²) in [6.45, 7) is 8.13. The fourth-order valence-electron chi connectivity index (χ4n) is 1.60. The van der Waals surface area contributed by atoms with Crippen LogP contribution in [-0.2, 0) is 4.79 Å². The summed E-state index contributed by atoms with van der Waals surface area (Å²) < 4.78 is 0. The molecule has 0 saturated carbocycles. The smallest absolute Gasteiger partial charge is 0.224 e. The van der Waals surface area contributed by atoms with E-state index in [0.29, 0.717) is 0 Å². The molecule has 3 nitrogen and oxygen atoms in total. The van der Waals surface area contributed by atoms with Crippen LogP contribution in [0.2, 0.25) is 0 Å². The molecule has 0 aromatic carbocycles. The highest BCUT2D eigenvalue weighted by Gasteiger charge is 2.25. The lowest BCUT2D eigenvalue weighted by Gasteiger charge is -2.29. The van der Waals surface area contributed by atoms with Gasteiger partial charge < -0.3 is 10.6 Å². The van der Waals surface area contributed by atoms with Crippen LogP contribution < -0.4 is 10.6 Å². The van der Waals surface area contributed by atoms with E-state index in [-0.39, 0.29) is 17.4 Å². The van der Waals surface area contributed by atoms with Crippen LogP contribution >= 0.6 is 0 Å². The second kappa shape index (κ2) is 4.78. The molecule has 1 aliphatic rings. The third kappa shape index (κ3) is 3.29. The molecule has 0 unspecified atom stereocenters. The van der Waals surface area contributed by atoms with Gasteiger partial charge in [0.15, 0.2) is 0 Å². The molecule has 0 aromatic rings. The van der Waals surface area contributed by atoms with Crippen molar-refractivity contribution in [3.63, 3.8) is 0 Å². The molecular formula is C11H22N2O. The molecule has 1 saturated heterocycles. The van der Waals surface area contributed by atoms with E-state index in [0.717, 1.165) is 32.4 Å². The Morgan fingerprint density at radius 1 is 1.57 bits per heavy atom. The Kier molecular flexibility index (Phi) is 3.93. The fraction of sp³-hybridized carbons (Fsp3) is 0.909. The molecule has 1 atom stereocenters. The Bertz CT molecular complexity index is 195. The van der Waals surface area contributed by atoms with Gasteiger partial charge in [0.05, 0.1) is 5.92 Å². The first-order chi connectivity index (χ1) is 6.55. The lowest BCUT2D eigenvalue weighted by Crippen LogP contribution is -2.48. The molecule has 1 aliphatic heterocycles. The second-order valence-corrected chi connectivity index (χ2v) is 4.77. The van der Waals surface area contributed by atoms with Crippen molar-refractivity contribution in [2.75, 3.05) is 13.1 Å². The van der Waals surface area contributed by atoms with Gasteiger partial charge in [0.1, 0.15) is 0 Å². The molecule has 0 spiro atoms. The molecular weight excluding hydrogens is 176 g/mol. The van der Waals surface area contributed by atoms with Gasteiger partial charge in [-0.3, -0.25) is 4.79 Å². The summed E-state index contributed by atoms with van der Waals surface area (Å²) in [4.78, 5) is 11.8.